The van der Waals surface area contributed by atoms with Gasteiger partial charge >= 0.3 is 233 Å². The Balaban J connectivity index is 0.00000154. The van der Waals surface area contributed by atoms with Gasteiger partial charge in [0, 0.05) is 0 Å². The normalized spacial score (nSPS) is 25.2. The van der Waals surface area contributed by atoms with E-state index in [2.05, 4.69) is 82.3 Å². The number of unbranched alkanes of at least 4 members (excludes halogenated alkanes) is 2. The molecule has 3 aliphatic heterocycles. The van der Waals surface area contributed by atoms with E-state index in [1.165, 1.54) is 38.5 Å². The van der Waals surface area contributed by atoms with Gasteiger partial charge in [0.25, 0.3) is 0 Å². The summed E-state index contributed by atoms with van der Waals surface area (Å²) in [7, 11) is -2.53. The first-order valence-corrected chi connectivity index (χ1v) is 25.0. The van der Waals surface area contributed by atoms with Crippen molar-refractivity contribution in [2.45, 2.75) is 109 Å². The van der Waals surface area contributed by atoms with Gasteiger partial charge in [0.2, 0.25) is 0 Å². The first kappa shape index (κ1) is 30.1. The van der Waals surface area contributed by atoms with Gasteiger partial charge < -0.3 is 24.8 Å². The fraction of sp³-hybridized carbons (Fsp3) is 0.529. The molecule has 0 aromatic heterocycles. The summed E-state index contributed by atoms with van der Waals surface area (Å²) in [5, 5.41) is 0. The van der Waals surface area contributed by atoms with E-state index in [0.29, 0.717) is 0 Å². The largest absolute Gasteiger partial charge is 1.00 e. The Kier molecular flexibility index (Phi) is 9.06. The topological polar surface area (TPSA) is 0 Å². The Morgan fingerprint density at radius 3 is 1.38 bits per heavy atom. The van der Waals surface area contributed by atoms with Crippen molar-refractivity contribution >= 4 is 28.3 Å². The summed E-state index contributed by atoms with van der Waals surface area (Å²) in [4.78, 5) is 0. The average molecular weight is 630 g/mol. The maximum Gasteiger partial charge on any atom is -1.00 e. The van der Waals surface area contributed by atoms with E-state index in [1.807, 2.05) is 0 Å². The quantitative estimate of drug-likeness (QED) is 0.336. The van der Waals surface area contributed by atoms with Crippen LogP contribution in [0.15, 0.2) is 56.3 Å². The molecule has 208 valence electrons. The van der Waals surface area contributed by atoms with Crippen molar-refractivity contribution in [3.8, 4) is 0 Å². The summed E-state index contributed by atoms with van der Waals surface area (Å²) in [5.74, 6) is 0. The van der Waals surface area contributed by atoms with E-state index in [-0.39, 0.29) is 24.8 Å². The smallest absolute Gasteiger partial charge is 1.00 e. The summed E-state index contributed by atoms with van der Waals surface area (Å²) < 4.78 is 7.41. The van der Waals surface area contributed by atoms with Gasteiger partial charge in [-0.15, -0.1) is 0 Å². The van der Waals surface area contributed by atoms with Crippen LogP contribution in [0.2, 0.25) is 45.7 Å². The minimum Gasteiger partial charge on any atom is -1.00 e. The minimum atomic E-state index is -2.26. The Bertz CT molecular complexity index is 1160. The predicted molar refractivity (Wildman–Crippen MR) is 163 cm³/mol. The van der Waals surface area contributed by atoms with Crippen LogP contribution in [0.25, 0.3) is 12.2 Å². The van der Waals surface area contributed by atoms with E-state index in [0.717, 1.165) is 11.1 Å². The molecular weight excluding hydrogens is 583 g/mol. The summed E-state index contributed by atoms with van der Waals surface area (Å²) in [6, 6.07) is 29.1. The number of allylic oxidation sites excluding steroid dienone is 2. The molecule has 3 saturated heterocycles. The molecule has 0 N–H and O–H groups in total. The van der Waals surface area contributed by atoms with Gasteiger partial charge in [-0.2, -0.15) is 0 Å². The molecule has 5 heteroatoms. The van der Waals surface area contributed by atoms with Gasteiger partial charge in [0.15, 0.2) is 0 Å². The van der Waals surface area contributed by atoms with Crippen LogP contribution in [0.1, 0.15) is 85.7 Å². The van der Waals surface area contributed by atoms with Gasteiger partial charge in [-0.1, -0.05) is 0 Å². The van der Waals surface area contributed by atoms with Gasteiger partial charge in [0.1, 0.15) is 0 Å². The van der Waals surface area contributed by atoms with E-state index in [4.69, 9.17) is 0 Å². The van der Waals surface area contributed by atoms with Crippen LogP contribution in [-0.2, 0) is 16.6 Å². The molecule has 2 aromatic rings. The van der Waals surface area contributed by atoms with E-state index < -0.39 is 32.7 Å². The van der Waals surface area contributed by atoms with Crippen molar-refractivity contribution in [1.29, 1.82) is 0 Å². The number of fused-ring (bicyclic) bond motifs is 2. The van der Waals surface area contributed by atoms with Crippen molar-refractivity contribution < 1.29 is 41.4 Å². The molecule has 7 rings (SSSR count). The minimum absolute atomic E-state index is 0. The third kappa shape index (κ3) is 4.72. The number of rotatable bonds is 10. The van der Waals surface area contributed by atoms with Crippen molar-refractivity contribution in [2.24, 2.45) is 0 Å². The number of benzene rings is 2. The van der Waals surface area contributed by atoms with Crippen LogP contribution < -0.4 is 24.8 Å². The third-order valence-corrected chi connectivity index (χ3v) is 31.5. The van der Waals surface area contributed by atoms with Gasteiger partial charge in [-0.3, -0.25) is 0 Å². The van der Waals surface area contributed by atoms with Crippen LogP contribution in [0.4, 0.5) is 0 Å². The fourth-order valence-electron chi connectivity index (χ4n) is 9.35. The van der Waals surface area contributed by atoms with E-state index in [9.17, 15) is 0 Å². The monoisotopic (exact) mass is 628 g/mol. The summed E-state index contributed by atoms with van der Waals surface area (Å²) >= 11 is -2.26. The molecule has 0 radical (unpaired) electrons. The van der Waals surface area contributed by atoms with Crippen LogP contribution in [0, 0.1) is 0 Å². The molecule has 5 aliphatic rings. The number of hydrogen-bond donors (Lipinski definition) is 0. The van der Waals surface area contributed by atoms with Crippen LogP contribution in [0.3, 0.4) is 0 Å². The maximum absolute atomic E-state index is 2.84. The molecular formula is C34H46Cl2Si2Ti. The Labute approximate surface area is 255 Å². The van der Waals surface area contributed by atoms with Gasteiger partial charge in [-0.05, 0) is 0 Å². The van der Waals surface area contributed by atoms with Crippen LogP contribution in [-0.4, -0.2) is 16.1 Å². The van der Waals surface area contributed by atoms with Crippen molar-refractivity contribution in [1.82, 2.24) is 0 Å². The predicted octanol–water partition coefficient (Wildman–Crippen LogP) is 4.66. The van der Waals surface area contributed by atoms with Gasteiger partial charge in [-0.25, -0.2) is 0 Å². The molecule has 39 heavy (non-hydrogen) atoms. The molecule has 2 unspecified atom stereocenters. The molecule has 2 atom stereocenters. The van der Waals surface area contributed by atoms with Crippen molar-refractivity contribution in [3.63, 3.8) is 0 Å². The van der Waals surface area contributed by atoms with Crippen LogP contribution in [0.5, 0.6) is 0 Å². The molecule has 0 spiro atoms. The Hall–Kier alpha value is -0.352. The van der Waals surface area contributed by atoms with Crippen LogP contribution >= 0.6 is 0 Å². The first-order chi connectivity index (χ1) is 18.2. The standard InChI is InChI=1S/2C16H21Si.C2H4.2ClH.Ti/c2*1-2-3-11-17(12-6-13-17)16-10-9-14-7-4-5-8-15(14)16;1-2;;;/h2*4-5,7-9,16H,2-3,6,11-13H2,1H3;1-2H2;2*1H;/q;;;;;+2/p-2. The van der Waals surface area contributed by atoms with E-state index in [1.54, 1.807) is 68.0 Å². The zero-order chi connectivity index (χ0) is 25.1. The molecule has 0 nitrogen and oxygen atoms in total. The first-order valence-electron chi connectivity index (χ1n) is 15.8. The number of hydrogen-bond acceptors (Lipinski definition) is 0. The molecule has 0 saturated carbocycles. The third-order valence-electron chi connectivity index (χ3n) is 11.7. The second-order valence-electron chi connectivity index (χ2n) is 13.5. The molecule has 0 bridgehead atoms. The number of halogens is 2. The Morgan fingerprint density at radius 2 is 1.05 bits per heavy atom. The van der Waals surface area contributed by atoms with Crippen molar-refractivity contribution in [2.75, 3.05) is 0 Å². The summed E-state index contributed by atoms with van der Waals surface area (Å²) in [6.07, 6.45) is 14.4. The Morgan fingerprint density at radius 1 is 0.641 bits per heavy atom. The molecule has 3 fully saturated rings. The summed E-state index contributed by atoms with van der Waals surface area (Å²) in [6.45, 7) is 4.84. The fourth-order valence-corrected chi connectivity index (χ4v) is 33.1. The molecule has 2 aromatic carbocycles. The zero-order valence-electron chi connectivity index (χ0n) is 24.1. The second-order valence-corrected chi connectivity index (χ2v) is 29.9. The maximum atomic E-state index is 2.84. The zero-order valence-corrected chi connectivity index (χ0v) is 29.2. The van der Waals surface area contributed by atoms with Gasteiger partial charge in [0.05, 0.1) is 0 Å². The molecule has 0 amide bonds. The molecule has 3 heterocycles. The van der Waals surface area contributed by atoms with Crippen molar-refractivity contribution in [3.05, 3.63) is 78.5 Å². The second kappa shape index (κ2) is 11.7. The average Bonchev–Trinajstić information content (AvgIpc) is 3.45. The van der Waals surface area contributed by atoms with E-state index >= 15 is 0 Å². The summed E-state index contributed by atoms with van der Waals surface area (Å²) in [5.41, 5.74) is 8.59. The SMILES string of the molecule is CCCC[Si]1(C2[C]([Ti+2]3([C]4=Cc5ccccc5C4[Si]4(CCCC)CCC4)[CH2][CH2]3)=Cc3ccccc32)CCC1.[Cl-].[Cl-]. The molecule has 2 aliphatic carbocycles.